The monoisotopic (exact) mass is 377 g/mol. The number of fused-ring (bicyclic) bond motifs is 1. The Morgan fingerprint density at radius 3 is 2.54 bits per heavy atom. The summed E-state index contributed by atoms with van der Waals surface area (Å²) < 4.78 is 8.12. The van der Waals surface area contributed by atoms with Crippen LogP contribution in [0.1, 0.15) is 25.6 Å². The molecular formula is C23H27N3O2. The summed E-state index contributed by atoms with van der Waals surface area (Å²) in [4.78, 5) is 19.4. The van der Waals surface area contributed by atoms with E-state index in [9.17, 15) is 4.79 Å². The fourth-order valence-corrected chi connectivity index (χ4v) is 4.03. The highest BCUT2D eigenvalue weighted by Crippen LogP contribution is 2.24. The van der Waals surface area contributed by atoms with Crippen LogP contribution >= 0.6 is 0 Å². The second-order valence-electron chi connectivity index (χ2n) is 7.60. The molecule has 2 heterocycles. The fourth-order valence-electron chi connectivity index (χ4n) is 4.03. The summed E-state index contributed by atoms with van der Waals surface area (Å²) in [5.41, 5.74) is 2.25. The van der Waals surface area contributed by atoms with Crippen molar-refractivity contribution in [3.63, 3.8) is 0 Å². The Morgan fingerprint density at radius 1 is 1.11 bits per heavy atom. The lowest BCUT2D eigenvalue weighted by Gasteiger charge is -2.34. The Morgan fingerprint density at radius 2 is 1.79 bits per heavy atom. The highest BCUT2D eigenvalue weighted by Gasteiger charge is 2.27. The largest absolute Gasteiger partial charge is 0.481 e. The minimum Gasteiger partial charge on any atom is -0.481 e. The van der Waals surface area contributed by atoms with Crippen LogP contribution in [-0.2, 0) is 11.3 Å². The Labute approximate surface area is 165 Å². The fraction of sp³-hybridized carbons (Fsp3) is 0.391. The highest BCUT2D eigenvalue weighted by atomic mass is 16.5. The number of carbonyl (C=O) groups excluding carboxylic acids is 1. The first-order valence-electron chi connectivity index (χ1n) is 10.0. The van der Waals surface area contributed by atoms with Gasteiger partial charge >= 0.3 is 0 Å². The van der Waals surface area contributed by atoms with E-state index >= 15 is 0 Å². The van der Waals surface area contributed by atoms with Crippen LogP contribution in [0.3, 0.4) is 0 Å². The molecule has 28 heavy (non-hydrogen) atoms. The molecule has 1 unspecified atom stereocenters. The quantitative estimate of drug-likeness (QED) is 0.674. The molecule has 1 saturated heterocycles. The van der Waals surface area contributed by atoms with Gasteiger partial charge in [0.15, 0.2) is 6.10 Å². The molecule has 4 rings (SSSR count). The van der Waals surface area contributed by atoms with Crippen molar-refractivity contribution in [2.24, 2.45) is 5.92 Å². The molecule has 0 spiro atoms. The van der Waals surface area contributed by atoms with E-state index in [1.807, 2.05) is 48.2 Å². The number of aromatic nitrogens is 2. The molecule has 1 aliphatic heterocycles. The minimum absolute atomic E-state index is 0.0755. The van der Waals surface area contributed by atoms with Crippen molar-refractivity contribution >= 4 is 16.9 Å². The molecule has 1 amide bonds. The molecule has 1 aromatic heterocycles. The van der Waals surface area contributed by atoms with Crippen LogP contribution in [0, 0.1) is 12.8 Å². The number of para-hydroxylation sites is 3. The Kier molecular flexibility index (Phi) is 5.33. The van der Waals surface area contributed by atoms with Crippen LogP contribution in [0.25, 0.3) is 11.0 Å². The molecule has 5 nitrogen and oxygen atoms in total. The maximum Gasteiger partial charge on any atom is 0.263 e. The van der Waals surface area contributed by atoms with Crippen LogP contribution in [0.5, 0.6) is 5.75 Å². The van der Waals surface area contributed by atoms with E-state index in [1.54, 1.807) is 0 Å². The number of nitrogens with zero attached hydrogens (tertiary/aromatic N) is 3. The van der Waals surface area contributed by atoms with Gasteiger partial charge in [0.2, 0.25) is 0 Å². The van der Waals surface area contributed by atoms with Gasteiger partial charge in [0.25, 0.3) is 5.91 Å². The average molecular weight is 377 g/mol. The van der Waals surface area contributed by atoms with Gasteiger partial charge in [-0.2, -0.15) is 0 Å². The lowest BCUT2D eigenvalue weighted by Crippen LogP contribution is -2.45. The Balaban J connectivity index is 1.34. The number of aryl methyl sites for hydroxylation is 1. The molecular weight excluding hydrogens is 350 g/mol. The summed E-state index contributed by atoms with van der Waals surface area (Å²) in [5.74, 6) is 2.43. The number of piperidine rings is 1. The first-order valence-corrected chi connectivity index (χ1v) is 10.0. The van der Waals surface area contributed by atoms with Crippen molar-refractivity contribution < 1.29 is 9.53 Å². The molecule has 0 saturated carbocycles. The van der Waals surface area contributed by atoms with Gasteiger partial charge in [0.1, 0.15) is 11.6 Å². The maximum atomic E-state index is 12.7. The Hall–Kier alpha value is -2.82. The van der Waals surface area contributed by atoms with Crippen molar-refractivity contribution in [2.45, 2.75) is 39.3 Å². The first kappa shape index (κ1) is 18.5. The van der Waals surface area contributed by atoms with Crippen LogP contribution in [0.4, 0.5) is 0 Å². The zero-order valence-electron chi connectivity index (χ0n) is 16.5. The third-order valence-corrected chi connectivity index (χ3v) is 5.62. The number of rotatable bonds is 5. The molecule has 1 atom stereocenters. The van der Waals surface area contributed by atoms with Crippen molar-refractivity contribution in [1.29, 1.82) is 0 Å². The zero-order chi connectivity index (χ0) is 19.5. The van der Waals surface area contributed by atoms with Gasteiger partial charge in [0, 0.05) is 19.6 Å². The summed E-state index contributed by atoms with van der Waals surface area (Å²) in [6, 6.07) is 17.8. The predicted octanol–water partition coefficient (Wildman–Crippen LogP) is 4.05. The van der Waals surface area contributed by atoms with Crippen molar-refractivity contribution in [2.75, 3.05) is 13.1 Å². The molecule has 0 radical (unpaired) electrons. The number of ether oxygens (including phenoxy) is 1. The molecule has 0 bridgehead atoms. The van der Waals surface area contributed by atoms with E-state index in [0.29, 0.717) is 5.92 Å². The molecule has 1 aliphatic rings. The molecule has 1 fully saturated rings. The second kappa shape index (κ2) is 8.05. The van der Waals surface area contributed by atoms with Crippen LogP contribution in [-0.4, -0.2) is 39.6 Å². The smallest absolute Gasteiger partial charge is 0.263 e. The van der Waals surface area contributed by atoms with E-state index in [2.05, 4.69) is 34.7 Å². The van der Waals surface area contributed by atoms with Gasteiger partial charge in [-0.05, 0) is 56.9 Å². The number of carbonyl (C=O) groups is 1. The number of amides is 1. The maximum absolute atomic E-state index is 12.7. The van der Waals surface area contributed by atoms with E-state index in [1.165, 1.54) is 5.52 Å². The molecule has 146 valence electrons. The summed E-state index contributed by atoms with van der Waals surface area (Å²) in [7, 11) is 0. The van der Waals surface area contributed by atoms with Gasteiger partial charge in [0.05, 0.1) is 11.0 Å². The molecule has 0 N–H and O–H groups in total. The number of benzene rings is 2. The predicted molar refractivity (Wildman–Crippen MR) is 110 cm³/mol. The van der Waals surface area contributed by atoms with Crippen molar-refractivity contribution in [1.82, 2.24) is 14.5 Å². The lowest BCUT2D eigenvalue weighted by atomic mass is 9.96. The summed E-state index contributed by atoms with van der Waals surface area (Å²) in [6.07, 6.45) is 1.56. The van der Waals surface area contributed by atoms with E-state index in [0.717, 1.165) is 49.6 Å². The number of likely N-dealkylation sites (tertiary alicyclic amines) is 1. The first-order chi connectivity index (χ1) is 13.6. The highest BCUT2D eigenvalue weighted by molar-refractivity contribution is 5.81. The van der Waals surface area contributed by atoms with Crippen molar-refractivity contribution in [3.05, 3.63) is 60.4 Å². The van der Waals surface area contributed by atoms with Gasteiger partial charge in [-0.1, -0.05) is 30.3 Å². The molecule has 5 heteroatoms. The normalized spacial score (nSPS) is 16.3. The topological polar surface area (TPSA) is 47.4 Å². The van der Waals surface area contributed by atoms with Gasteiger partial charge in [-0.25, -0.2) is 4.98 Å². The number of hydrogen-bond donors (Lipinski definition) is 0. The third kappa shape index (κ3) is 3.88. The van der Waals surface area contributed by atoms with Crippen LogP contribution in [0.15, 0.2) is 54.6 Å². The second-order valence-corrected chi connectivity index (χ2v) is 7.60. The Bertz CT molecular complexity index is 943. The summed E-state index contributed by atoms with van der Waals surface area (Å²) in [6.45, 7) is 6.45. The van der Waals surface area contributed by atoms with Gasteiger partial charge < -0.3 is 14.2 Å². The zero-order valence-corrected chi connectivity index (χ0v) is 16.5. The lowest BCUT2D eigenvalue weighted by molar-refractivity contribution is -0.139. The molecule has 2 aromatic carbocycles. The van der Waals surface area contributed by atoms with E-state index in [4.69, 9.17) is 4.74 Å². The van der Waals surface area contributed by atoms with E-state index in [-0.39, 0.29) is 5.91 Å². The van der Waals surface area contributed by atoms with Gasteiger partial charge in [-0.3, -0.25) is 4.79 Å². The van der Waals surface area contributed by atoms with Crippen LogP contribution < -0.4 is 4.74 Å². The van der Waals surface area contributed by atoms with Gasteiger partial charge in [-0.15, -0.1) is 0 Å². The van der Waals surface area contributed by atoms with Crippen LogP contribution in [0.2, 0.25) is 0 Å². The summed E-state index contributed by atoms with van der Waals surface area (Å²) >= 11 is 0. The number of imidazole rings is 1. The number of hydrogen-bond acceptors (Lipinski definition) is 3. The minimum atomic E-state index is -0.459. The SMILES string of the molecule is Cc1nc2ccccc2n1CC1CCN(C(=O)C(C)Oc2ccccc2)CC1. The summed E-state index contributed by atoms with van der Waals surface area (Å²) in [5, 5.41) is 0. The third-order valence-electron chi connectivity index (χ3n) is 5.62. The standard InChI is InChI=1S/C23H27N3O2/c1-17(28-20-8-4-3-5-9-20)23(27)25-14-12-19(13-15-25)16-26-18(2)24-21-10-6-7-11-22(21)26/h3-11,17,19H,12-16H2,1-2H3. The average Bonchev–Trinajstić information content (AvgIpc) is 3.04. The molecule has 0 aliphatic carbocycles. The molecule has 3 aromatic rings. The van der Waals surface area contributed by atoms with Crippen molar-refractivity contribution in [3.8, 4) is 5.75 Å². The van der Waals surface area contributed by atoms with E-state index < -0.39 is 6.10 Å².